The standard InChI is InChI=1S/C29H31ClFN5O3/c1-35-14-24(32-15-35)29(39)10-17(11-29)5-6-28(38)12-19-7-18(8-20(19)13-28)25-26(36(2)16-33-25)27(37)34-21-3-4-23(31)22(30)9-21/h3-4,9,14-20,38-39H,7-8,10-13H2,1-2H3,(H,34,37). The lowest BCUT2D eigenvalue weighted by Gasteiger charge is -2.40. The lowest BCUT2D eigenvalue weighted by Crippen LogP contribution is -2.41. The molecule has 0 bridgehead atoms. The van der Waals surface area contributed by atoms with Crippen molar-refractivity contribution in [1.82, 2.24) is 19.1 Å². The first kappa shape index (κ1) is 26.1. The Morgan fingerprint density at radius 2 is 1.85 bits per heavy atom. The van der Waals surface area contributed by atoms with Crippen LogP contribution in [-0.2, 0) is 19.7 Å². The van der Waals surface area contributed by atoms with Gasteiger partial charge in [0.2, 0.25) is 0 Å². The van der Waals surface area contributed by atoms with Crippen LogP contribution in [0.3, 0.4) is 0 Å². The van der Waals surface area contributed by atoms with Crippen molar-refractivity contribution in [2.45, 2.75) is 55.6 Å². The molecule has 2 heterocycles. The molecule has 3 aliphatic rings. The fourth-order valence-electron chi connectivity index (χ4n) is 6.73. The van der Waals surface area contributed by atoms with E-state index in [1.54, 1.807) is 24.3 Å². The topological polar surface area (TPSA) is 105 Å². The molecule has 1 amide bonds. The molecule has 2 aromatic heterocycles. The highest BCUT2D eigenvalue weighted by atomic mass is 35.5. The van der Waals surface area contributed by atoms with Crippen LogP contribution >= 0.6 is 11.6 Å². The number of nitrogens with zero attached hydrogens (tertiary/aromatic N) is 4. The predicted molar refractivity (Wildman–Crippen MR) is 143 cm³/mol. The van der Waals surface area contributed by atoms with Gasteiger partial charge in [-0.2, -0.15) is 0 Å². The lowest BCUT2D eigenvalue weighted by atomic mass is 9.69. The van der Waals surface area contributed by atoms with Crippen LogP contribution in [0.25, 0.3) is 0 Å². The molecule has 8 nitrogen and oxygen atoms in total. The first-order valence-electron chi connectivity index (χ1n) is 13.3. The zero-order valence-electron chi connectivity index (χ0n) is 21.9. The van der Waals surface area contributed by atoms with Crippen LogP contribution in [0.2, 0.25) is 5.02 Å². The van der Waals surface area contributed by atoms with Crippen molar-refractivity contribution >= 4 is 23.2 Å². The number of aryl methyl sites for hydroxylation is 2. The summed E-state index contributed by atoms with van der Waals surface area (Å²) in [6.07, 6.45) is 9.06. The molecule has 1 aromatic carbocycles. The maximum atomic E-state index is 13.5. The third kappa shape index (κ3) is 4.86. The van der Waals surface area contributed by atoms with Gasteiger partial charge in [0.25, 0.3) is 5.91 Å². The van der Waals surface area contributed by atoms with E-state index in [2.05, 4.69) is 27.1 Å². The van der Waals surface area contributed by atoms with Crippen molar-refractivity contribution in [2.75, 3.05) is 5.32 Å². The number of hydrogen-bond acceptors (Lipinski definition) is 5. The highest BCUT2D eigenvalue weighted by molar-refractivity contribution is 6.31. The summed E-state index contributed by atoms with van der Waals surface area (Å²) in [5.41, 5.74) is 0.350. The number of halogens is 2. The molecule has 0 radical (unpaired) electrons. The number of aliphatic hydroxyl groups is 2. The maximum Gasteiger partial charge on any atom is 0.274 e. The molecular formula is C29H31ClFN5O3. The van der Waals surface area contributed by atoms with E-state index in [4.69, 9.17) is 11.6 Å². The number of carbonyl (C=O) groups is 1. The monoisotopic (exact) mass is 551 g/mol. The molecule has 39 heavy (non-hydrogen) atoms. The molecule has 0 spiro atoms. The number of carbonyl (C=O) groups excluding carboxylic acids is 1. The Hall–Kier alpha value is -3.19. The van der Waals surface area contributed by atoms with Crippen LogP contribution in [0.15, 0.2) is 37.1 Å². The van der Waals surface area contributed by atoms with Crippen LogP contribution in [-0.4, -0.2) is 40.8 Å². The minimum atomic E-state index is -1.02. The van der Waals surface area contributed by atoms with E-state index in [1.807, 2.05) is 17.8 Å². The molecule has 3 fully saturated rings. The summed E-state index contributed by atoms with van der Waals surface area (Å²) in [5, 5.41) is 24.8. The molecule has 3 aromatic rings. The summed E-state index contributed by atoms with van der Waals surface area (Å²) < 4.78 is 17.0. The van der Waals surface area contributed by atoms with Crippen LogP contribution in [0.5, 0.6) is 0 Å². The van der Waals surface area contributed by atoms with Gasteiger partial charge in [-0.3, -0.25) is 4.79 Å². The van der Waals surface area contributed by atoms with Gasteiger partial charge in [0, 0.05) is 37.8 Å². The van der Waals surface area contributed by atoms with E-state index < -0.39 is 17.0 Å². The number of rotatable bonds is 4. The largest absolute Gasteiger partial charge is 0.383 e. The fourth-order valence-corrected chi connectivity index (χ4v) is 6.91. The summed E-state index contributed by atoms with van der Waals surface area (Å²) in [4.78, 5) is 22.0. The number of fused-ring (bicyclic) bond motifs is 1. The normalized spacial score (nSPS) is 31.3. The number of nitrogens with one attached hydrogen (secondary N) is 1. The summed E-state index contributed by atoms with van der Waals surface area (Å²) in [6, 6.07) is 4.07. The number of anilines is 1. The zero-order chi connectivity index (χ0) is 27.5. The minimum absolute atomic E-state index is 0.0415. The number of imidazole rings is 2. The minimum Gasteiger partial charge on any atom is -0.383 e. The zero-order valence-corrected chi connectivity index (χ0v) is 22.6. The van der Waals surface area contributed by atoms with Gasteiger partial charge in [-0.1, -0.05) is 23.4 Å². The summed E-state index contributed by atoms with van der Waals surface area (Å²) >= 11 is 5.87. The molecule has 0 aliphatic heterocycles. The average Bonchev–Trinajstić information content (AvgIpc) is 3.61. The van der Waals surface area contributed by atoms with Gasteiger partial charge in [0.05, 0.1) is 29.1 Å². The molecule has 0 saturated heterocycles. The molecular weight excluding hydrogens is 521 g/mol. The van der Waals surface area contributed by atoms with E-state index in [0.29, 0.717) is 54.6 Å². The van der Waals surface area contributed by atoms with Crippen molar-refractivity contribution in [3.63, 3.8) is 0 Å². The molecule has 2 unspecified atom stereocenters. The SMILES string of the molecule is Cn1cnc(C2(O)CC(C#CC3(O)CC4CC(c5ncn(C)c5C(=O)Nc5ccc(F)c(Cl)c5)CC4C3)C2)c1. The highest BCUT2D eigenvalue weighted by Crippen LogP contribution is 2.54. The van der Waals surface area contributed by atoms with Gasteiger partial charge >= 0.3 is 0 Å². The van der Waals surface area contributed by atoms with Gasteiger partial charge in [0.1, 0.15) is 22.7 Å². The van der Waals surface area contributed by atoms with Gasteiger partial charge < -0.3 is 24.7 Å². The molecule has 6 rings (SSSR count). The van der Waals surface area contributed by atoms with E-state index in [1.165, 1.54) is 18.2 Å². The Labute approximate surface area is 231 Å². The Morgan fingerprint density at radius 1 is 1.13 bits per heavy atom. The van der Waals surface area contributed by atoms with E-state index in [-0.39, 0.29) is 22.8 Å². The molecule has 3 N–H and O–H groups in total. The number of hydrogen-bond donors (Lipinski definition) is 3. The second kappa shape index (κ2) is 9.47. The molecule has 10 heteroatoms. The van der Waals surface area contributed by atoms with Gasteiger partial charge in [-0.05, 0) is 68.6 Å². The predicted octanol–water partition coefficient (Wildman–Crippen LogP) is 4.13. The van der Waals surface area contributed by atoms with Crippen LogP contribution in [0.4, 0.5) is 10.1 Å². The smallest absolute Gasteiger partial charge is 0.274 e. The summed E-state index contributed by atoms with van der Waals surface area (Å²) in [7, 11) is 3.66. The Morgan fingerprint density at radius 3 is 2.49 bits per heavy atom. The highest BCUT2D eigenvalue weighted by Gasteiger charge is 2.50. The first-order valence-corrected chi connectivity index (χ1v) is 13.6. The van der Waals surface area contributed by atoms with Crippen LogP contribution < -0.4 is 5.32 Å². The van der Waals surface area contributed by atoms with Crippen molar-refractivity contribution in [1.29, 1.82) is 0 Å². The number of aromatic nitrogens is 4. The molecule has 2 atom stereocenters. The number of benzene rings is 1. The number of amides is 1. The van der Waals surface area contributed by atoms with Gasteiger partial charge in [0.15, 0.2) is 0 Å². The Balaban J connectivity index is 1.08. The third-order valence-corrected chi connectivity index (χ3v) is 8.93. The van der Waals surface area contributed by atoms with Crippen molar-refractivity contribution in [3.8, 4) is 11.8 Å². The van der Waals surface area contributed by atoms with Crippen LogP contribution in [0, 0.1) is 35.4 Å². The lowest BCUT2D eigenvalue weighted by molar-refractivity contribution is -0.0658. The van der Waals surface area contributed by atoms with Crippen LogP contribution in [0.1, 0.15) is 66.3 Å². The molecule has 3 saturated carbocycles. The third-order valence-electron chi connectivity index (χ3n) is 8.64. The van der Waals surface area contributed by atoms with Crippen molar-refractivity contribution in [2.24, 2.45) is 31.8 Å². The van der Waals surface area contributed by atoms with Crippen molar-refractivity contribution < 1.29 is 19.4 Å². The summed E-state index contributed by atoms with van der Waals surface area (Å²) in [5.74, 6) is 6.27. The second-order valence-electron chi connectivity index (χ2n) is 11.6. The maximum absolute atomic E-state index is 13.5. The Bertz CT molecular complexity index is 1480. The van der Waals surface area contributed by atoms with E-state index >= 15 is 0 Å². The van der Waals surface area contributed by atoms with E-state index in [0.717, 1.165) is 18.5 Å². The summed E-state index contributed by atoms with van der Waals surface area (Å²) in [6.45, 7) is 0. The average molecular weight is 552 g/mol. The van der Waals surface area contributed by atoms with Gasteiger partial charge in [-0.25, -0.2) is 14.4 Å². The molecule has 3 aliphatic carbocycles. The van der Waals surface area contributed by atoms with E-state index in [9.17, 15) is 19.4 Å². The quantitative estimate of drug-likeness (QED) is 0.423. The first-order chi connectivity index (χ1) is 18.5. The van der Waals surface area contributed by atoms with Gasteiger partial charge in [-0.15, -0.1) is 0 Å². The Kier molecular flexibility index (Phi) is 6.33. The molecule has 204 valence electrons. The second-order valence-corrected chi connectivity index (χ2v) is 12.0. The fraction of sp³-hybridized carbons (Fsp3) is 0.483. The van der Waals surface area contributed by atoms with Crippen molar-refractivity contribution in [3.05, 3.63) is 65.0 Å².